The van der Waals surface area contributed by atoms with Crippen LogP contribution in [0.3, 0.4) is 0 Å². The summed E-state index contributed by atoms with van der Waals surface area (Å²) in [4.78, 5) is 5.01. The van der Waals surface area contributed by atoms with Crippen LogP contribution < -0.4 is 10.6 Å². The molecule has 1 aliphatic rings. The summed E-state index contributed by atoms with van der Waals surface area (Å²) >= 11 is 0. The average molecular weight is 261 g/mol. The number of piperazine rings is 1. The summed E-state index contributed by atoms with van der Waals surface area (Å²) in [6.45, 7) is 9.62. The zero-order valence-corrected chi connectivity index (χ0v) is 12.7. The van der Waals surface area contributed by atoms with Crippen molar-refractivity contribution in [3.05, 3.63) is 29.3 Å². The third-order valence-corrected chi connectivity index (χ3v) is 4.31. The van der Waals surface area contributed by atoms with Crippen LogP contribution in [-0.4, -0.2) is 43.7 Å². The minimum absolute atomic E-state index is 0.535. The molecule has 0 radical (unpaired) electrons. The summed E-state index contributed by atoms with van der Waals surface area (Å²) in [5.74, 6) is 0. The molecule has 1 aliphatic heterocycles. The Morgan fingerprint density at radius 3 is 2.63 bits per heavy atom. The Balaban J connectivity index is 2.28. The van der Waals surface area contributed by atoms with E-state index in [1.807, 2.05) is 0 Å². The van der Waals surface area contributed by atoms with E-state index in [0.29, 0.717) is 12.1 Å². The van der Waals surface area contributed by atoms with Gasteiger partial charge in [0, 0.05) is 30.9 Å². The lowest BCUT2D eigenvalue weighted by molar-refractivity contribution is 0.196. The van der Waals surface area contributed by atoms with Crippen molar-refractivity contribution in [2.75, 3.05) is 31.6 Å². The van der Waals surface area contributed by atoms with E-state index in [9.17, 15) is 0 Å². The van der Waals surface area contributed by atoms with Crippen LogP contribution in [0.1, 0.15) is 24.5 Å². The maximum Gasteiger partial charge on any atom is 0.0429 e. The number of likely N-dealkylation sites (N-methyl/N-ethyl adjacent to an activating group) is 1. The summed E-state index contributed by atoms with van der Waals surface area (Å²) in [6.07, 6.45) is 1.06. The monoisotopic (exact) mass is 261 g/mol. The van der Waals surface area contributed by atoms with Crippen LogP contribution in [0.4, 0.5) is 5.69 Å². The van der Waals surface area contributed by atoms with Gasteiger partial charge < -0.3 is 10.6 Å². The van der Waals surface area contributed by atoms with Gasteiger partial charge in [0.05, 0.1) is 0 Å². The first-order valence-electron chi connectivity index (χ1n) is 7.27. The van der Waals surface area contributed by atoms with Gasteiger partial charge in [-0.05, 0) is 52.4 Å². The van der Waals surface area contributed by atoms with Crippen molar-refractivity contribution in [1.82, 2.24) is 4.90 Å². The van der Waals surface area contributed by atoms with Crippen LogP contribution in [-0.2, 0) is 0 Å². The third-order valence-electron chi connectivity index (χ3n) is 4.31. The molecule has 2 rings (SSSR count). The van der Waals surface area contributed by atoms with Crippen molar-refractivity contribution < 1.29 is 0 Å². The molecule has 0 aromatic heterocycles. The van der Waals surface area contributed by atoms with Gasteiger partial charge in [-0.2, -0.15) is 0 Å². The van der Waals surface area contributed by atoms with Crippen molar-refractivity contribution >= 4 is 5.69 Å². The van der Waals surface area contributed by atoms with E-state index >= 15 is 0 Å². The fourth-order valence-electron chi connectivity index (χ4n) is 3.05. The van der Waals surface area contributed by atoms with Gasteiger partial charge in [-0.15, -0.1) is 0 Å². The maximum absolute atomic E-state index is 5.80. The van der Waals surface area contributed by atoms with Crippen LogP contribution >= 0.6 is 0 Å². The predicted molar refractivity (Wildman–Crippen MR) is 82.8 cm³/mol. The van der Waals surface area contributed by atoms with Crippen LogP contribution in [0.25, 0.3) is 0 Å². The smallest absolute Gasteiger partial charge is 0.0429 e. The van der Waals surface area contributed by atoms with Crippen molar-refractivity contribution in [2.24, 2.45) is 5.73 Å². The third kappa shape index (κ3) is 3.10. The molecule has 0 amide bonds. The highest BCUT2D eigenvalue weighted by Gasteiger charge is 2.29. The van der Waals surface area contributed by atoms with Gasteiger partial charge in [0.25, 0.3) is 0 Å². The number of anilines is 1. The number of benzene rings is 1. The Kier molecular flexibility index (Phi) is 4.48. The van der Waals surface area contributed by atoms with Gasteiger partial charge in [-0.3, -0.25) is 4.90 Å². The molecular formula is C16H27N3. The van der Waals surface area contributed by atoms with Crippen molar-refractivity contribution in [3.8, 4) is 0 Å². The predicted octanol–water partition coefficient (Wildman–Crippen LogP) is 2.16. The average Bonchev–Trinajstić information content (AvgIpc) is 2.34. The van der Waals surface area contributed by atoms with E-state index in [4.69, 9.17) is 5.73 Å². The van der Waals surface area contributed by atoms with E-state index in [1.165, 1.54) is 16.8 Å². The number of nitrogens with two attached hydrogens (primary N) is 1. The molecule has 2 N–H and O–H groups in total. The Morgan fingerprint density at radius 1 is 1.26 bits per heavy atom. The minimum Gasteiger partial charge on any atom is -0.365 e. The second kappa shape index (κ2) is 5.93. The number of rotatable bonds is 3. The zero-order valence-electron chi connectivity index (χ0n) is 12.7. The van der Waals surface area contributed by atoms with E-state index < -0.39 is 0 Å². The second-order valence-corrected chi connectivity index (χ2v) is 5.96. The molecule has 19 heavy (non-hydrogen) atoms. The van der Waals surface area contributed by atoms with Gasteiger partial charge in [-0.25, -0.2) is 0 Å². The molecule has 0 bridgehead atoms. The highest BCUT2D eigenvalue weighted by atomic mass is 15.3. The van der Waals surface area contributed by atoms with Crippen molar-refractivity contribution in [1.29, 1.82) is 0 Å². The number of aryl methyl sites for hydroxylation is 2. The van der Waals surface area contributed by atoms with Gasteiger partial charge in [0.15, 0.2) is 0 Å². The van der Waals surface area contributed by atoms with E-state index in [1.54, 1.807) is 0 Å². The van der Waals surface area contributed by atoms with Crippen molar-refractivity contribution in [2.45, 2.75) is 39.3 Å². The first-order chi connectivity index (χ1) is 9.02. The van der Waals surface area contributed by atoms with Crippen LogP contribution in [0, 0.1) is 13.8 Å². The Bertz CT molecular complexity index is 430. The number of nitrogens with zero attached hydrogens (tertiary/aromatic N) is 2. The topological polar surface area (TPSA) is 32.5 Å². The molecular weight excluding hydrogens is 234 g/mol. The van der Waals surface area contributed by atoms with Crippen LogP contribution in [0.15, 0.2) is 18.2 Å². The fourth-order valence-corrected chi connectivity index (χ4v) is 3.05. The second-order valence-electron chi connectivity index (χ2n) is 5.96. The largest absolute Gasteiger partial charge is 0.365 e. The first kappa shape index (κ1) is 14.4. The van der Waals surface area contributed by atoms with E-state index in [2.05, 4.69) is 55.8 Å². The molecule has 3 heteroatoms. The lowest BCUT2D eigenvalue weighted by Crippen LogP contribution is -2.56. The molecule has 1 aromatic rings. The summed E-state index contributed by atoms with van der Waals surface area (Å²) < 4.78 is 0. The Morgan fingerprint density at radius 2 is 2.00 bits per heavy atom. The lowest BCUT2D eigenvalue weighted by Gasteiger charge is -2.45. The summed E-state index contributed by atoms with van der Waals surface area (Å²) in [5, 5.41) is 0. The fraction of sp³-hybridized carbons (Fsp3) is 0.625. The first-order valence-corrected chi connectivity index (χ1v) is 7.27. The maximum atomic E-state index is 5.80. The zero-order chi connectivity index (χ0) is 14.0. The van der Waals surface area contributed by atoms with Crippen LogP contribution in [0.5, 0.6) is 0 Å². The molecule has 1 saturated heterocycles. The standard InChI is InChI=1S/C16H27N3/c1-12-5-6-16(13(2)9-12)19-10-14(3)18(4)11-15(19)7-8-17/h5-6,9,14-15H,7-8,10-11,17H2,1-4H3. The molecule has 1 heterocycles. The molecule has 3 nitrogen and oxygen atoms in total. The molecule has 2 unspecified atom stereocenters. The molecule has 106 valence electrons. The summed E-state index contributed by atoms with van der Waals surface area (Å²) in [6, 6.07) is 7.89. The summed E-state index contributed by atoms with van der Waals surface area (Å²) in [7, 11) is 2.22. The highest BCUT2D eigenvalue weighted by Crippen LogP contribution is 2.27. The molecule has 2 atom stereocenters. The van der Waals surface area contributed by atoms with E-state index in [-0.39, 0.29) is 0 Å². The van der Waals surface area contributed by atoms with Gasteiger partial charge >= 0.3 is 0 Å². The minimum atomic E-state index is 0.535. The quantitative estimate of drug-likeness (QED) is 0.905. The Hall–Kier alpha value is -1.06. The Labute approximate surface area is 117 Å². The van der Waals surface area contributed by atoms with Gasteiger partial charge in [0.2, 0.25) is 0 Å². The van der Waals surface area contributed by atoms with Crippen molar-refractivity contribution in [3.63, 3.8) is 0 Å². The van der Waals surface area contributed by atoms with Gasteiger partial charge in [0.1, 0.15) is 0 Å². The lowest BCUT2D eigenvalue weighted by atomic mass is 10.0. The molecule has 0 saturated carbocycles. The van der Waals surface area contributed by atoms with Crippen LogP contribution in [0.2, 0.25) is 0 Å². The molecule has 1 fully saturated rings. The normalized spacial score (nSPS) is 24.8. The molecule has 0 spiro atoms. The number of hydrogen-bond donors (Lipinski definition) is 1. The SMILES string of the molecule is Cc1ccc(N2CC(C)N(C)CC2CCN)c(C)c1. The molecule has 1 aromatic carbocycles. The van der Waals surface area contributed by atoms with E-state index in [0.717, 1.165) is 26.1 Å². The van der Waals surface area contributed by atoms with Gasteiger partial charge in [-0.1, -0.05) is 17.7 Å². The number of hydrogen-bond acceptors (Lipinski definition) is 3. The molecule has 0 aliphatic carbocycles. The summed E-state index contributed by atoms with van der Waals surface area (Å²) in [5.41, 5.74) is 9.88. The highest BCUT2D eigenvalue weighted by molar-refractivity contribution is 5.55.